The lowest BCUT2D eigenvalue weighted by Crippen LogP contribution is -2.29. The summed E-state index contributed by atoms with van der Waals surface area (Å²) in [6, 6.07) is 23.9. The fourth-order valence-electron chi connectivity index (χ4n) is 3.83. The van der Waals surface area contributed by atoms with Gasteiger partial charge in [0.05, 0.1) is 22.9 Å². The highest BCUT2D eigenvalue weighted by Gasteiger charge is 2.42. The first-order valence-corrected chi connectivity index (χ1v) is 11.4. The third-order valence-electron chi connectivity index (χ3n) is 5.33. The van der Waals surface area contributed by atoms with Gasteiger partial charge in [-0.25, -0.2) is 0 Å². The molecule has 4 aromatic rings. The van der Waals surface area contributed by atoms with Gasteiger partial charge in [-0.15, -0.1) is 0 Å². The molecule has 1 saturated heterocycles. The van der Waals surface area contributed by atoms with Crippen molar-refractivity contribution in [2.24, 2.45) is 0 Å². The van der Waals surface area contributed by atoms with E-state index in [9.17, 15) is 10.1 Å². The maximum Gasteiger partial charge on any atom is 0.269 e. The molecule has 0 aliphatic carbocycles. The molecule has 1 aliphatic heterocycles. The smallest absolute Gasteiger partial charge is 0.269 e. The Balaban J connectivity index is 1.41. The lowest BCUT2D eigenvalue weighted by atomic mass is 10.0. The second-order valence-electron chi connectivity index (χ2n) is 7.36. The number of benzene rings is 2. The molecule has 164 valence electrons. The number of rotatable bonds is 6. The number of pyridine rings is 1. The van der Waals surface area contributed by atoms with Crippen LogP contribution in [0.2, 0.25) is 0 Å². The van der Waals surface area contributed by atoms with Gasteiger partial charge < -0.3 is 14.6 Å². The number of nitrogens with one attached hydrogen (secondary N) is 1. The molecule has 0 saturated carbocycles. The van der Waals surface area contributed by atoms with E-state index in [1.165, 1.54) is 23.9 Å². The molecule has 9 heteroatoms. The van der Waals surface area contributed by atoms with Crippen molar-refractivity contribution in [3.05, 3.63) is 113 Å². The molecule has 2 aromatic carbocycles. The number of non-ortho nitro benzene ring substituents is 1. The maximum atomic E-state index is 10.9. The average molecular weight is 475 g/mol. The Labute approximate surface area is 199 Å². The third-order valence-corrected chi connectivity index (χ3v) is 6.66. The van der Waals surface area contributed by atoms with Crippen LogP contribution in [0.1, 0.15) is 23.5 Å². The molecule has 1 N–H and O–H groups in total. The van der Waals surface area contributed by atoms with Crippen molar-refractivity contribution < 1.29 is 9.34 Å². The van der Waals surface area contributed by atoms with E-state index >= 15 is 0 Å². The second kappa shape index (κ2) is 9.05. The van der Waals surface area contributed by atoms with Gasteiger partial charge in [0, 0.05) is 33.8 Å². The number of anilines is 1. The first-order valence-electron chi connectivity index (χ1n) is 10.2. The molecule has 1 aliphatic rings. The molecule has 5 rings (SSSR count). The minimum Gasteiger partial charge on any atom is -0.467 e. The lowest BCUT2D eigenvalue weighted by molar-refractivity contribution is -0.384. The van der Waals surface area contributed by atoms with Crippen LogP contribution in [0.3, 0.4) is 0 Å². The molecule has 33 heavy (non-hydrogen) atoms. The van der Waals surface area contributed by atoms with Gasteiger partial charge in [0.1, 0.15) is 11.8 Å². The van der Waals surface area contributed by atoms with Crippen molar-refractivity contribution in [3.8, 4) is 0 Å². The average Bonchev–Trinajstić information content (AvgIpc) is 3.48. The summed E-state index contributed by atoms with van der Waals surface area (Å²) >= 11 is 7.24. The van der Waals surface area contributed by atoms with E-state index in [-0.39, 0.29) is 17.8 Å². The van der Waals surface area contributed by atoms with E-state index in [0.717, 1.165) is 26.9 Å². The number of hydrogen-bond donors (Lipinski definition) is 1. The quantitative estimate of drug-likeness (QED) is 0.210. The number of furan rings is 1. The van der Waals surface area contributed by atoms with E-state index in [2.05, 4.69) is 10.3 Å². The van der Waals surface area contributed by atoms with Crippen molar-refractivity contribution >= 4 is 40.5 Å². The fraction of sp³-hybridized carbons (Fsp3) is 0.0833. The van der Waals surface area contributed by atoms with Crippen LogP contribution in [0.25, 0.3) is 0 Å². The Morgan fingerprint density at radius 1 is 1.00 bits per heavy atom. The fourth-order valence-corrected chi connectivity index (χ4v) is 4.99. The molecule has 2 aromatic heterocycles. The molecule has 2 atom stereocenters. The monoisotopic (exact) mass is 474 g/mol. The standard InChI is InChI=1S/C24H18N4O3S2/c29-28(30)17-8-12-19(13-9-17)33-18-10-6-16(7-11-18)27-23(21-5-3-15-31-21)22(26-24(27)32)20-4-1-2-14-25-20/h1-15,22-23H,(H,26,32)/t22-,23-/m0/s1. The third kappa shape index (κ3) is 4.33. The van der Waals surface area contributed by atoms with E-state index in [4.69, 9.17) is 16.6 Å². The highest BCUT2D eigenvalue weighted by Crippen LogP contribution is 2.42. The Morgan fingerprint density at radius 3 is 2.33 bits per heavy atom. The summed E-state index contributed by atoms with van der Waals surface area (Å²) in [7, 11) is 0. The lowest BCUT2D eigenvalue weighted by Gasteiger charge is -2.26. The second-order valence-corrected chi connectivity index (χ2v) is 8.89. The molecule has 3 heterocycles. The number of nitro groups is 1. The predicted molar refractivity (Wildman–Crippen MR) is 130 cm³/mol. The van der Waals surface area contributed by atoms with Gasteiger partial charge in [-0.1, -0.05) is 17.8 Å². The van der Waals surface area contributed by atoms with Crippen LogP contribution in [0.4, 0.5) is 11.4 Å². The van der Waals surface area contributed by atoms with E-state index in [0.29, 0.717) is 5.11 Å². The highest BCUT2D eigenvalue weighted by molar-refractivity contribution is 7.99. The molecule has 0 amide bonds. The van der Waals surface area contributed by atoms with Gasteiger partial charge in [0.2, 0.25) is 0 Å². The van der Waals surface area contributed by atoms with Crippen molar-refractivity contribution in [2.45, 2.75) is 21.9 Å². The minimum absolute atomic E-state index is 0.0798. The van der Waals surface area contributed by atoms with Crippen LogP contribution in [-0.4, -0.2) is 15.0 Å². The Hall–Kier alpha value is -3.69. The summed E-state index contributed by atoms with van der Waals surface area (Å²) in [6.07, 6.45) is 3.43. The largest absolute Gasteiger partial charge is 0.467 e. The van der Waals surface area contributed by atoms with E-state index in [1.54, 1.807) is 24.6 Å². The summed E-state index contributed by atoms with van der Waals surface area (Å²) in [4.78, 5) is 19.0. The summed E-state index contributed by atoms with van der Waals surface area (Å²) in [5.41, 5.74) is 1.89. The number of aromatic nitrogens is 1. The summed E-state index contributed by atoms with van der Waals surface area (Å²) < 4.78 is 5.78. The molecule has 0 radical (unpaired) electrons. The zero-order valence-corrected chi connectivity index (χ0v) is 18.8. The number of nitro benzene ring substituents is 1. The van der Waals surface area contributed by atoms with Crippen molar-refractivity contribution in [2.75, 3.05) is 4.90 Å². The number of nitrogens with zero attached hydrogens (tertiary/aromatic N) is 3. The number of hydrogen-bond acceptors (Lipinski definition) is 6. The molecule has 1 fully saturated rings. The Kier molecular flexibility index (Phi) is 5.80. The SMILES string of the molecule is O=[N+]([O-])c1ccc(Sc2ccc(N3C(=S)N[C@@H](c4ccccn4)[C@@H]3c3ccco3)cc2)cc1. The molecule has 0 spiro atoms. The van der Waals surface area contributed by atoms with Crippen LogP contribution < -0.4 is 10.2 Å². The van der Waals surface area contributed by atoms with Crippen molar-refractivity contribution in [1.29, 1.82) is 0 Å². The van der Waals surface area contributed by atoms with Crippen LogP contribution in [-0.2, 0) is 0 Å². The topological polar surface area (TPSA) is 84.4 Å². The zero-order chi connectivity index (χ0) is 22.8. The molecule has 7 nitrogen and oxygen atoms in total. The normalized spacial score (nSPS) is 17.7. The molecular formula is C24H18N4O3S2. The maximum absolute atomic E-state index is 10.9. The summed E-state index contributed by atoms with van der Waals surface area (Å²) in [5, 5.41) is 14.9. The zero-order valence-electron chi connectivity index (χ0n) is 17.2. The Bertz CT molecular complexity index is 1260. The van der Waals surface area contributed by atoms with Crippen molar-refractivity contribution in [1.82, 2.24) is 10.3 Å². The van der Waals surface area contributed by atoms with Gasteiger partial charge in [-0.05, 0) is 72.9 Å². The van der Waals surface area contributed by atoms with Gasteiger partial charge in [-0.3, -0.25) is 15.1 Å². The van der Waals surface area contributed by atoms with Crippen LogP contribution >= 0.6 is 24.0 Å². The van der Waals surface area contributed by atoms with Gasteiger partial charge >= 0.3 is 0 Å². The van der Waals surface area contributed by atoms with Crippen LogP contribution in [0.5, 0.6) is 0 Å². The van der Waals surface area contributed by atoms with Gasteiger partial charge in [-0.2, -0.15) is 0 Å². The molecule has 0 bridgehead atoms. The van der Waals surface area contributed by atoms with Crippen LogP contribution in [0, 0.1) is 10.1 Å². The molecule has 0 unspecified atom stereocenters. The van der Waals surface area contributed by atoms with Gasteiger partial charge in [0.15, 0.2) is 5.11 Å². The van der Waals surface area contributed by atoms with Gasteiger partial charge in [0.25, 0.3) is 5.69 Å². The van der Waals surface area contributed by atoms with E-state index in [1.807, 2.05) is 59.5 Å². The van der Waals surface area contributed by atoms with Crippen LogP contribution in [0.15, 0.2) is 106 Å². The number of thiocarbonyl (C=S) groups is 1. The minimum atomic E-state index is -0.399. The first-order chi connectivity index (χ1) is 16.1. The Morgan fingerprint density at radius 2 is 1.73 bits per heavy atom. The highest BCUT2D eigenvalue weighted by atomic mass is 32.2. The van der Waals surface area contributed by atoms with E-state index < -0.39 is 4.92 Å². The predicted octanol–water partition coefficient (Wildman–Crippen LogP) is 5.91. The summed E-state index contributed by atoms with van der Waals surface area (Å²) in [5.74, 6) is 0.794. The van der Waals surface area contributed by atoms with Crippen molar-refractivity contribution in [3.63, 3.8) is 0 Å². The molecular weight excluding hydrogens is 456 g/mol. The summed E-state index contributed by atoms with van der Waals surface area (Å²) in [6.45, 7) is 0. The first kappa shape index (κ1) is 21.2.